The maximum absolute atomic E-state index is 12.0. The fraction of sp³-hybridized carbons (Fsp3) is 0.136. The number of aromatic nitrogens is 1. The van der Waals surface area contributed by atoms with Crippen molar-refractivity contribution in [2.24, 2.45) is 5.73 Å². The van der Waals surface area contributed by atoms with Crippen molar-refractivity contribution in [1.29, 1.82) is 0 Å². The first-order valence-electron chi connectivity index (χ1n) is 8.89. The second-order valence-corrected chi connectivity index (χ2v) is 6.41. The number of fused-ring (bicyclic) bond motifs is 1. The minimum absolute atomic E-state index is 0.0533. The number of amides is 1. The topological polar surface area (TPSA) is 91.5 Å². The molecule has 6 nitrogen and oxygen atoms in total. The summed E-state index contributed by atoms with van der Waals surface area (Å²) in [6, 6.07) is 15.8. The largest absolute Gasteiger partial charge is 0.492 e. The SMILES string of the molecule is NC(=O)c1ccccc1C(Oc1ccc2c(c1)OCCC2=O)c1ccncc1. The minimum atomic E-state index is -0.580. The van der Waals surface area contributed by atoms with Gasteiger partial charge in [-0.15, -0.1) is 0 Å². The molecule has 1 aliphatic rings. The number of hydrogen-bond donors (Lipinski definition) is 1. The quantitative estimate of drug-likeness (QED) is 0.740. The summed E-state index contributed by atoms with van der Waals surface area (Å²) in [5.41, 5.74) is 7.97. The molecule has 0 saturated carbocycles. The molecule has 1 amide bonds. The van der Waals surface area contributed by atoms with Crippen molar-refractivity contribution in [1.82, 2.24) is 4.98 Å². The van der Waals surface area contributed by atoms with Crippen LogP contribution in [-0.2, 0) is 0 Å². The van der Waals surface area contributed by atoms with Crippen LogP contribution in [0.4, 0.5) is 0 Å². The summed E-state index contributed by atoms with van der Waals surface area (Å²) in [5.74, 6) is 0.551. The molecule has 0 aliphatic carbocycles. The van der Waals surface area contributed by atoms with Crippen molar-refractivity contribution < 1.29 is 19.1 Å². The highest BCUT2D eigenvalue weighted by Gasteiger charge is 2.23. The van der Waals surface area contributed by atoms with Gasteiger partial charge >= 0.3 is 0 Å². The van der Waals surface area contributed by atoms with Crippen molar-refractivity contribution in [3.05, 3.63) is 89.2 Å². The lowest BCUT2D eigenvalue weighted by atomic mass is 9.96. The van der Waals surface area contributed by atoms with Crippen molar-refractivity contribution in [3.63, 3.8) is 0 Å². The number of rotatable bonds is 5. The zero-order chi connectivity index (χ0) is 19.5. The summed E-state index contributed by atoms with van der Waals surface area (Å²) in [7, 11) is 0. The Bertz CT molecular complexity index is 1030. The molecule has 2 N–H and O–H groups in total. The summed E-state index contributed by atoms with van der Waals surface area (Å²) in [6.45, 7) is 0.355. The Morgan fingerprint density at radius 2 is 1.89 bits per heavy atom. The number of nitrogens with zero attached hydrogens (tertiary/aromatic N) is 1. The average Bonchev–Trinajstić information content (AvgIpc) is 2.73. The van der Waals surface area contributed by atoms with Gasteiger partial charge in [0.05, 0.1) is 12.2 Å². The third-order valence-electron chi connectivity index (χ3n) is 4.61. The van der Waals surface area contributed by atoms with E-state index in [1.807, 2.05) is 24.3 Å². The molecule has 1 aromatic heterocycles. The number of carbonyl (C=O) groups excluding carboxylic acids is 2. The number of benzene rings is 2. The molecule has 2 aromatic carbocycles. The van der Waals surface area contributed by atoms with Gasteiger partial charge in [-0.05, 0) is 35.9 Å². The van der Waals surface area contributed by atoms with Gasteiger partial charge in [0.1, 0.15) is 17.6 Å². The van der Waals surface area contributed by atoms with Crippen LogP contribution in [-0.4, -0.2) is 23.3 Å². The predicted octanol–water partition coefficient (Wildman–Crippen LogP) is 3.31. The van der Waals surface area contributed by atoms with Gasteiger partial charge in [0.2, 0.25) is 5.91 Å². The summed E-state index contributed by atoms with van der Waals surface area (Å²) in [5, 5.41) is 0. The molecule has 0 saturated heterocycles. The van der Waals surface area contributed by atoms with Crippen LogP contribution in [0.25, 0.3) is 0 Å². The van der Waals surface area contributed by atoms with Crippen LogP contribution in [0.3, 0.4) is 0 Å². The molecular weight excluding hydrogens is 356 g/mol. The summed E-state index contributed by atoms with van der Waals surface area (Å²) < 4.78 is 11.9. The molecule has 0 bridgehead atoms. The fourth-order valence-electron chi connectivity index (χ4n) is 3.25. The molecule has 1 unspecified atom stereocenters. The summed E-state index contributed by atoms with van der Waals surface area (Å²) in [4.78, 5) is 28.0. The van der Waals surface area contributed by atoms with Crippen LogP contribution in [0.2, 0.25) is 0 Å². The summed E-state index contributed by atoms with van der Waals surface area (Å²) >= 11 is 0. The van der Waals surface area contributed by atoms with Crippen LogP contribution in [0.1, 0.15) is 44.4 Å². The van der Waals surface area contributed by atoms with E-state index in [1.165, 1.54) is 0 Å². The van der Waals surface area contributed by atoms with Crippen molar-refractivity contribution >= 4 is 11.7 Å². The zero-order valence-corrected chi connectivity index (χ0v) is 15.0. The molecule has 3 aromatic rings. The number of carbonyl (C=O) groups is 2. The third kappa shape index (κ3) is 3.44. The van der Waals surface area contributed by atoms with Gasteiger partial charge in [0.25, 0.3) is 0 Å². The zero-order valence-electron chi connectivity index (χ0n) is 15.0. The standard InChI is InChI=1S/C22H18N2O4/c23-22(26)17-4-2-1-3-16(17)21(14-7-10-24-11-8-14)28-15-5-6-18-19(25)9-12-27-20(18)13-15/h1-8,10-11,13,21H,9,12H2,(H2,23,26). The van der Waals surface area contributed by atoms with Crippen LogP contribution < -0.4 is 15.2 Å². The first kappa shape index (κ1) is 17.7. The van der Waals surface area contributed by atoms with Gasteiger partial charge in [0, 0.05) is 36.0 Å². The minimum Gasteiger partial charge on any atom is -0.492 e. The Morgan fingerprint density at radius 1 is 1.11 bits per heavy atom. The van der Waals surface area contributed by atoms with E-state index in [2.05, 4.69) is 4.98 Å². The first-order valence-corrected chi connectivity index (χ1v) is 8.89. The Hall–Kier alpha value is -3.67. The number of primary amides is 1. The Morgan fingerprint density at radius 3 is 2.68 bits per heavy atom. The molecule has 0 spiro atoms. The number of pyridine rings is 1. The van der Waals surface area contributed by atoms with Crippen molar-refractivity contribution in [3.8, 4) is 11.5 Å². The van der Waals surface area contributed by atoms with Gasteiger partial charge in [-0.2, -0.15) is 0 Å². The van der Waals surface area contributed by atoms with E-state index < -0.39 is 12.0 Å². The van der Waals surface area contributed by atoms with Crippen molar-refractivity contribution in [2.75, 3.05) is 6.61 Å². The van der Waals surface area contributed by atoms with E-state index in [0.717, 1.165) is 5.56 Å². The second-order valence-electron chi connectivity index (χ2n) is 6.41. The van der Waals surface area contributed by atoms with Crippen LogP contribution in [0.15, 0.2) is 67.0 Å². The monoisotopic (exact) mass is 374 g/mol. The number of Topliss-reactive ketones (excluding diaryl/α,β-unsaturated/α-hetero) is 1. The molecule has 6 heteroatoms. The van der Waals surface area contributed by atoms with Gasteiger partial charge in [0.15, 0.2) is 5.78 Å². The first-order chi connectivity index (χ1) is 13.6. The Kier molecular flexibility index (Phi) is 4.76. The second kappa shape index (κ2) is 7.52. The van der Waals surface area contributed by atoms with Crippen LogP contribution >= 0.6 is 0 Å². The maximum Gasteiger partial charge on any atom is 0.249 e. The highest BCUT2D eigenvalue weighted by Crippen LogP contribution is 2.34. The smallest absolute Gasteiger partial charge is 0.249 e. The Balaban J connectivity index is 1.76. The molecule has 4 rings (SSSR count). The highest BCUT2D eigenvalue weighted by atomic mass is 16.5. The van der Waals surface area contributed by atoms with E-state index in [1.54, 1.807) is 42.7 Å². The molecule has 1 aliphatic heterocycles. The van der Waals surface area contributed by atoms with Gasteiger partial charge < -0.3 is 15.2 Å². The molecule has 140 valence electrons. The van der Waals surface area contributed by atoms with Crippen LogP contribution in [0.5, 0.6) is 11.5 Å². The van der Waals surface area contributed by atoms with Gasteiger partial charge in [-0.25, -0.2) is 0 Å². The lowest BCUT2D eigenvalue weighted by Crippen LogP contribution is -2.19. The van der Waals surface area contributed by atoms with Crippen molar-refractivity contribution in [2.45, 2.75) is 12.5 Å². The normalized spacial score (nSPS) is 13.9. The number of ether oxygens (including phenoxy) is 2. The van der Waals surface area contributed by atoms with E-state index in [0.29, 0.717) is 41.2 Å². The number of nitrogens with two attached hydrogens (primary N) is 1. The molecule has 1 atom stereocenters. The number of hydrogen-bond acceptors (Lipinski definition) is 5. The van der Waals surface area contributed by atoms with E-state index in [9.17, 15) is 9.59 Å². The third-order valence-corrected chi connectivity index (χ3v) is 4.61. The molecule has 2 heterocycles. The van der Waals surface area contributed by atoms with E-state index >= 15 is 0 Å². The average molecular weight is 374 g/mol. The fourth-order valence-corrected chi connectivity index (χ4v) is 3.25. The van der Waals surface area contributed by atoms with Gasteiger partial charge in [-0.3, -0.25) is 14.6 Å². The maximum atomic E-state index is 12.0. The predicted molar refractivity (Wildman–Crippen MR) is 103 cm³/mol. The van der Waals surface area contributed by atoms with E-state index in [-0.39, 0.29) is 5.78 Å². The Labute approximate surface area is 161 Å². The lowest BCUT2D eigenvalue weighted by molar-refractivity contribution is 0.0931. The summed E-state index contributed by atoms with van der Waals surface area (Å²) in [6.07, 6.45) is 3.11. The molecular formula is C22H18N2O4. The van der Waals surface area contributed by atoms with E-state index in [4.69, 9.17) is 15.2 Å². The highest BCUT2D eigenvalue weighted by molar-refractivity contribution is 5.99. The van der Waals surface area contributed by atoms with Crippen LogP contribution in [0, 0.1) is 0 Å². The number of ketones is 1. The molecule has 28 heavy (non-hydrogen) atoms. The molecule has 0 radical (unpaired) electrons. The molecule has 0 fully saturated rings. The lowest BCUT2D eigenvalue weighted by Gasteiger charge is -2.23. The van der Waals surface area contributed by atoms with Gasteiger partial charge in [-0.1, -0.05) is 18.2 Å².